The van der Waals surface area contributed by atoms with E-state index in [2.05, 4.69) is 0 Å². The number of nitrogens with zero attached hydrogens (tertiary/aromatic N) is 1. The van der Waals surface area contributed by atoms with E-state index in [0.29, 0.717) is 19.7 Å². The molecule has 2 rings (SSSR count). The highest BCUT2D eigenvalue weighted by Crippen LogP contribution is 2.27. The molecule has 102 valence electrons. The lowest BCUT2D eigenvalue weighted by molar-refractivity contribution is -0.154. The smallest absolute Gasteiger partial charge is 0.317 e. The van der Waals surface area contributed by atoms with Gasteiger partial charge in [0, 0.05) is 13.1 Å². The van der Waals surface area contributed by atoms with Gasteiger partial charge < -0.3 is 9.64 Å². The lowest BCUT2D eigenvalue weighted by Gasteiger charge is -2.33. The van der Waals surface area contributed by atoms with E-state index in [9.17, 15) is 9.59 Å². The van der Waals surface area contributed by atoms with E-state index in [4.69, 9.17) is 4.74 Å². The number of piperidine rings is 1. The Bertz CT molecular complexity index is 458. The van der Waals surface area contributed by atoms with Crippen molar-refractivity contribution in [2.24, 2.45) is 5.92 Å². The summed E-state index contributed by atoms with van der Waals surface area (Å²) in [6.45, 7) is 3.16. The first-order valence-electron chi connectivity index (χ1n) is 6.57. The first kappa shape index (κ1) is 13.7. The summed E-state index contributed by atoms with van der Waals surface area (Å²) < 4.78 is 5.00. The van der Waals surface area contributed by atoms with Crippen LogP contribution in [0.4, 0.5) is 0 Å². The Morgan fingerprint density at radius 3 is 2.63 bits per heavy atom. The second kappa shape index (κ2) is 5.97. The van der Waals surface area contributed by atoms with Gasteiger partial charge >= 0.3 is 5.97 Å². The van der Waals surface area contributed by atoms with E-state index in [-0.39, 0.29) is 11.7 Å². The molecule has 0 aliphatic carbocycles. The lowest BCUT2D eigenvalue weighted by atomic mass is 9.83. The van der Waals surface area contributed by atoms with Crippen molar-refractivity contribution in [3.8, 4) is 0 Å². The van der Waals surface area contributed by atoms with Gasteiger partial charge in [-0.15, -0.1) is 0 Å². The number of benzene rings is 1. The van der Waals surface area contributed by atoms with E-state index in [1.54, 1.807) is 6.92 Å². The minimum Gasteiger partial charge on any atom is -0.465 e. The summed E-state index contributed by atoms with van der Waals surface area (Å²) in [5.74, 6) is -1.33. The van der Waals surface area contributed by atoms with E-state index < -0.39 is 11.9 Å². The standard InChI is InChI=1S/C15H19NO3/c1-3-19-15(18)13-10-16(2)9-12(14(13)17)11-7-5-4-6-8-11/h4-8,12-13H,3,9-10H2,1-2H3/t12-,13+/m0/s1. The Kier molecular flexibility index (Phi) is 4.32. The Morgan fingerprint density at radius 2 is 2.00 bits per heavy atom. The second-order valence-corrected chi connectivity index (χ2v) is 4.89. The van der Waals surface area contributed by atoms with Crippen molar-refractivity contribution in [2.75, 3.05) is 26.7 Å². The maximum Gasteiger partial charge on any atom is 0.317 e. The molecule has 0 radical (unpaired) electrons. The fraction of sp³-hybridized carbons (Fsp3) is 0.467. The summed E-state index contributed by atoms with van der Waals surface area (Å²) in [5.41, 5.74) is 0.966. The molecule has 0 aromatic heterocycles. The van der Waals surface area contributed by atoms with Crippen molar-refractivity contribution in [1.82, 2.24) is 4.90 Å². The van der Waals surface area contributed by atoms with Gasteiger partial charge in [0.15, 0.2) is 5.78 Å². The average Bonchev–Trinajstić information content (AvgIpc) is 2.42. The zero-order valence-corrected chi connectivity index (χ0v) is 11.3. The van der Waals surface area contributed by atoms with Crippen LogP contribution in [0.15, 0.2) is 30.3 Å². The molecule has 0 amide bonds. The second-order valence-electron chi connectivity index (χ2n) is 4.89. The van der Waals surface area contributed by atoms with Crippen LogP contribution in [0, 0.1) is 5.92 Å². The molecular weight excluding hydrogens is 242 g/mol. The SMILES string of the molecule is CCOC(=O)[C@@H]1CN(C)C[C@@H](c2ccccc2)C1=O. The largest absolute Gasteiger partial charge is 0.465 e. The third-order valence-corrected chi connectivity index (χ3v) is 3.45. The number of ketones is 1. The summed E-state index contributed by atoms with van der Waals surface area (Å²) in [5, 5.41) is 0. The van der Waals surface area contributed by atoms with Gasteiger partial charge in [-0.25, -0.2) is 0 Å². The number of rotatable bonds is 3. The van der Waals surface area contributed by atoms with Crippen LogP contribution in [0.1, 0.15) is 18.4 Å². The third-order valence-electron chi connectivity index (χ3n) is 3.45. The Morgan fingerprint density at radius 1 is 1.32 bits per heavy atom. The lowest BCUT2D eigenvalue weighted by Crippen LogP contribution is -2.47. The predicted molar refractivity (Wildman–Crippen MR) is 71.8 cm³/mol. The molecule has 2 atom stereocenters. The molecule has 1 aliphatic heterocycles. The van der Waals surface area contributed by atoms with Gasteiger partial charge in [0.2, 0.25) is 0 Å². The number of ether oxygens (including phenoxy) is 1. The number of hydrogen-bond donors (Lipinski definition) is 0. The molecular formula is C15H19NO3. The van der Waals surface area contributed by atoms with Gasteiger partial charge in [-0.05, 0) is 19.5 Å². The van der Waals surface area contributed by atoms with Crippen LogP contribution in [0.2, 0.25) is 0 Å². The maximum absolute atomic E-state index is 12.5. The van der Waals surface area contributed by atoms with Crippen molar-refractivity contribution in [3.05, 3.63) is 35.9 Å². The van der Waals surface area contributed by atoms with Gasteiger partial charge in [0.05, 0.1) is 12.5 Å². The summed E-state index contributed by atoms with van der Waals surface area (Å²) in [6.07, 6.45) is 0. The van der Waals surface area contributed by atoms with Crippen molar-refractivity contribution in [1.29, 1.82) is 0 Å². The molecule has 1 aromatic carbocycles. The summed E-state index contributed by atoms with van der Waals surface area (Å²) >= 11 is 0. The third kappa shape index (κ3) is 3.01. The molecule has 1 saturated heterocycles. The van der Waals surface area contributed by atoms with E-state index in [1.807, 2.05) is 42.3 Å². The molecule has 0 unspecified atom stereocenters. The zero-order valence-electron chi connectivity index (χ0n) is 11.3. The number of hydrogen-bond acceptors (Lipinski definition) is 4. The maximum atomic E-state index is 12.5. The van der Waals surface area contributed by atoms with Gasteiger partial charge in [0.25, 0.3) is 0 Å². The molecule has 1 heterocycles. The number of likely N-dealkylation sites (tertiary alicyclic amines) is 1. The molecule has 1 fully saturated rings. The number of Topliss-reactive ketones (excluding diaryl/α,β-unsaturated/α-hetero) is 1. The normalized spacial score (nSPS) is 24.2. The van der Waals surface area contributed by atoms with E-state index >= 15 is 0 Å². The van der Waals surface area contributed by atoms with Crippen molar-refractivity contribution in [3.63, 3.8) is 0 Å². The summed E-state index contributed by atoms with van der Waals surface area (Å²) in [4.78, 5) is 26.3. The molecule has 19 heavy (non-hydrogen) atoms. The molecule has 0 N–H and O–H groups in total. The van der Waals surface area contributed by atoms with Crippen LogP contribution in [0.5, 0.6) is 0 Å². The fourth-order valence-corrected chi connectivity index (χ4v) is 2.51. The first-order valence-corrected chi connectivity index (χ1v) is 6.57. The fourth-order valence-electron chi connectivity index (χ4n) is 2.51. The van der Waals surface area contributed by atoms with E-state index in [1.165, 1.54) is 0 Å². The molecule has 1 aliphatic rings. The number of esters is 1. The molecule has 0 bridgehead atoms. The van der Waals surface area contributed by atoms with Crippen LogP contribution in [0.25, 0.3) is 0 Å². The molecule has 0 saturated carbocycles. The van der Waals surface area contributed by atoms with Crippen LogP contribution in [-0.2, 0) is 14.3 Å². The summed E-state index contributed by atoms with van der Waals surface area (Å²) in [6, 6.07) is 9.62. The van der Waals surface area contributed by atoms with Gasteiger partial charge in [-0.2, -0.15) is 0 Å². The van der Waals surface area contributed by atoms with Crippen molar-refractivity contribution >= 4 is 11.8 Å². The highest BCUT2D eigenvalue weighted by Gasteiger charge is 2.39. The minimum atomic E-state index is -0.663. The van der Waals surface area contributed by atoms with Crippen LogP contribution < -0.4 is 0 Å². The molecule has 1 aromatic rings. The number of carbonyl (C=O) groups is 2. The summed E-state index contributed by atoms with van der Waals surface area (Å²) in [7, 11) is 1.93. The minimum absolute atomic E-state index is 0.0252. The Balaban J connectivity index is 2.21. The predicted octanol–water partition coefficient (Wildman–Crippen LogP) is 1.46. The number of carbonyl (C=O) groups excluding carboxylic acids is 2. The first-order chi connectivity index (χ1) is 9.13. The molecule has 4 nitrogen and oxygen atoms in total. The highest BCUT2D eigenvalue weighted by atomic mass is 16.5. The van der Waals surface area contributed by atoms with Gasteiger partial charge in [-0.3, -0.25) is 9.59 Å². The quantitative estimate of drug-likeness (QED) is 0.610. The van der Waals surface area contributed by atoms with Crippen LogP contribution in [0.3, 0.4) is 0 Å². The molecule has 0 spiro atoms. The molecule has 4 heteroatoms. The highest BCUT2D eigenvalue weighted by molar-refractivity contribution is 6.03. The van der Waals surface area contributed by atoms with Crippen LogP contribution in [-0.4, -0.2) is 43.4 Å². The van der Waals surface area contributed by atoms with Gasteiger partial charge in [0.1, 0.15) is 5.92 Å². The zero-order chi connectivity index (χ0) is 13.8. The number of likely N-dealkylation sites (N-methyl/N-ethyl adjacent to an activating group) is 1. The van der Waals surface area contributed by atoms with Crippen molar-refractivity contribution < 1.29 is 14.3 Å². The monoisotopic (exact) mass is 261 g/mol. The van der Waals surface area contributed by atoms with Crippen LogP contribution >= 0.6 is 0 Å². The van der Waals surface area contributed by atoms with Gasteiger partial charge in [-0.1, -0.05) is 30.3 Å². The van der Waals surface area contributed by atoms with Crippen molar-refractivity contribution in [2.45, 2.75) is 12.8 Å². The Hall–Kier alpha value is -1.68. The Labute approximate surface area is 113 Å². The topological polar surface area (TPSA) is 46.6 Å². The average molecular weight is 261 g/mol. The van der Waals surface area contributed by atoms with E-state index in [0.717, 1.165) is 5.56 Å².